The third kappa shape index (κ3) is 3.27. The summed E-state index contributed by atoms with van der Waals surface area (Å²) in [4.78, 5) is 0. The zero-order valence-electron chi connectivity index (χ0n) is 10.2. The van der Waals surface area contributed by atoms with Crippen LogP contribution in [0.3, 0.4) is 0 Å². The van der Waals surface area contributed by atoms with Crippen LogP contribution in [0, 0.1) is 23.9 Å². The van der Waals surface area contributed by atoms with Crippen LogP contribution < -0.4 is 0 Å². The van der Waals surface area contributed by atoms with Gasteiger partial charge < -0.3 is 4.74 Å². The summed E-state index contributed by atoms with van der Waals surface area (Å²) in [6, 6.07) is 0. The second-order valence-corrected chi connectivity index (χ2v) is 5.05. The first-order chi connectivity index (χ1) is 6.65. The van der Waals surface area contributed by atoms with Gasteiger partial charge in [-0.3, -0.25) is 0 Å². The molecule has 1 fully saturated rings. The predicted molar refractivity (Wildman–Crippen MR) is 60.8 cm³/mol. The van der Waals surface area contributed by atoms with Crippen molar-refractivity contribution in [2.24, 2.45) is 17.8 Å². The molecule has 0 spiro atoms. The summed E-state index contributed by atoms with van der Waals surface area (Å²) in [6.45, 7) is 10.1. The molecule has 0 aromatic heterocycles. The molecular weight excluding hydrogens is 172 g/mol. The molecule has 83 valence electrons. The largest absolute Gasteiger partial charge is 0.372 e. The molecule has 0 aromatic rings. The summed E-state index contributed by atoms with van der Waals surface area (Å²) in [7, 11) is 0. The van der Waals surface area contributed by atoms with Crippen LogP contribution >= 0.6 is 0 Å². The number of ether oxygens (including phenoxy) is 1. The van der Waals surface area contributed by atoms with Crippen molar-refractivity contribution in [3.63, 3.8) is 0 Å². The first kappa shape index (κ1) is 12.0. The Balaban J connectivity index is 2.45. The van der Waals surface area contributed by atoms with Crippen LogP contribution in [0.4, 0.5) is 0 Å². The lowest BCUT2D eigenvalue weighted by molar-refractivity contribution is 0.0467. The first-order valence-electron chi connectivity index (χ1n) is 6.13. The van der Waals surface area contributed by atoms with E-state index < -0.39 is 0 Å². The van der Waals surface area contributed by atoms with Crippen molar-refractivity contribution < 1.29 is 4.74 Å². The maximum atomic E-state index is 5.89. The Morgan fingerprint density at radius 2 is 2.07 bits per heavy atom. The molecule has 0 aliphatic heterocycles. The predicted octanol–water partition coefficient (Wildman–Crippen LogP) is 4.04. The molecule has 0 heterocycles. The van der Waals surface area contributed by atoms with Gasteiger partial charge in [-0.1, -0.05) is 34.1 Å². The quantitative estimate of drug-likeness (QED) is 0.661. The highest BCUT2D eigenvalue weighted by Crippen LogP contribution is 2.39. The van der Waals surface area contributed by atoms with Crippen molar-refractivity contribution in [2.45, 2.75) is 53.4 Å². The van der Waals surface area contributed by atoms with Crippen molar-refractivity contribution in [1.29, 1.82) is 0 Å². The van der Waals surface area contributed by atoms with E-state index in [-0.39, 0.29) is 0 Å². The van der Waals surface area contributed by atoms with E-state index in [4.69, 9.17) is 4.74 Å². The maximum absolute atomic E-state index is 5.89. The summed E-state index contributed by atoms with van der Waals surface area (Å²) in [5.74, 6) is 2.30. The zero-order chi connectivity index (χ0) is 10.6. The second kappa shape index (κ2) is 5.75. The molecule has 0 aromatic carbocycles. The third-order valence-corrected chi connectivity index (χ3v) is 3.23. The standard InChI is InChI=1S/C13H25O/c1-5-8-14-13-9-11(4)6-7-12(13)10(2)3/h10-12H,5-9H2,1-4H3. The van der Waals surface area contributed by atoms with E-state index in [9.17, 15) is 0 Å². The summed E-state index contributed by atoms with van der Waals surface area (Å²) in [5, 5.41) is 0. The van der Waals surface area contributed by atoms with Gasteiger partial charge in [-0.25, -0.2) is 0 Å². The van der Waals surface area contributed by atoms with Gasteiger partial charge in [0.25, 0.3) is 0 Å². The first-order valence-corrected chi connectivity index (χ1v) is 6.13. The highest BCUT2D eigenvalue weighted by Gasteiger charge is 2.31. The lowest BCUT2D eigenvalue weighted by Gasteiger charge is -2.36. The van der Waals surface area contributed by atoms with Crippen molar-refractivity contribution in [2.75, 3.05) is 6.61 Å². The van der Waals surface area contributed by atoms with Gasteiger partial charge in [-0.2, -0.15) is 0 Å². The molecule has 1 radical (unpaired) electrons. The molecule has 1 aliphatic carbocycles. The molecule has 1 rings (SSSR count). The Hall–Kier alpha value is -0.0400. The van der Waals surface area contributed by atoms with Crippen LogP contribution in [-0.2, 0) is 4.74 Å². The SMILES string of the molecule is CCCO[C]1CC(C)CCC1C(C)C. The van der Waals surface area contributed by atoms with Gasteiger partial charge in [0, 0.05) is 6.61 Å². The topological polar surface area (TPSA) is 9.23 Å². The molecule has 1 heteroatoms. The number of hydrogen-bond acceptors (Lipinski definition) is 1. The van der Waals surface area contributed by atoms with Crippen LogP contribution in [0.2, 0.25) is 0 Å². The minimum Gasteiger partial charge on any atom is -0.372 e. The molecule has 1 nitrogen and oxygen atoms in total. The van der Waals surface area contributed by atoms with Crippen molar-refractivity contribution >= 4 is 0 Å². The highest BCUT2D eigenvalue weighted by molar-refractivity contribution is 4.94. The fourth-order valence-corrected chi connectivity index (χ4v) is 2.33. The molecule has 1 aliphatic rings. The molecular formula is C13H25O. The van der Waals surface area contributed by atoms with Gasteiger partial charge in [0.1, 0.15) is 6.10 Å². The zero-order valence-corrected chi connectivity index (χ0v) is 10.2. The normalized spacial score (nSPS) is 29.8. The Kier molecular flexibility index (Phi) is 4.94. The van der Waals surface area contributed by atoms with E-state index in [2.05, 4.69) is 27.7 Å². The lowest BCUT2D eigenvalue weighted by atomic mass is 9.75. The fraction of sp³-hybridized carbons (Fsp3) is 0.923. The van der Waals surface area contributed by atoms with Gasteiger partial charge in [0.15, 0.2) is 0 Å². The number of rotatable bonds is 4. The monoisotopic (exact) mass is 197 g/mol. The van der Waals surface area contributed by atoms with Crippen molar-refractivity contribution in [3.8, 4) is 0 Å². The molecule has 14 heavy (non-hydrogen) atoms. The molecule has 2 unspecified atom stereocenters. The van der Waals surface area contributed by atoms with Gasteiger partial charge in [0.2, 0.25) is 0 Å². The Labute approximate surface area is 89.2 Å². The van der Waals surface area contributed by atoms with Crippen molar-refractivity contribution in [1.82, 2.24) is 0 Å². The summed E-state index contributed by atoms with van der Waals surface area (Å²) in [6.07, 6.45) is 6.42. The van der Waals surface area contributed by atoms with Gasteiger partial charge in [-0.15, -0.1) is 0 Å². The van der Waals surface area contributed by atoms with Crippen LogP contribution in [0.15, 0.2) is 0 Å². The maximum Gasteiger partial charge on any atom is 0.101 e. The lowest BCUT2D eigenvalue weighted by Crippen LogP contribution is -2.28. The molecule has 0 saturated heterocycles. The van der Waals surface area contributed by atoms with E-state index in [1.54, 1.807) is 0 Å². The Bertz CT molecular complexity index is 153. The van der Waals surface area contributed by atoms with E-state index in [1.165, 1.54) is 25.4 Å². The minimum absolute atomic E-state index is 0.720. The molecule has 0 N–H and O–H groups in total. The average Bonchev–Trinajstić information content (AvgIpc) is 2.14. The third-order valence-electron chi connectivity index (χ3n) is 3.23. The van der Waals surface area contributed by atoms with E-state index in [1.807, 2.05) is 0 Å². The van der Waals surface area contributed by atoms with Crippen molar-refractivity contribution in [3.05, 3.63) is 6.10 Å². The average molecular weight is 197 g/mol. The molecule has 0 amide bonds. The van der Waals surface area contributed by atoms with E-state index in [0.29, 0.717) is 0 Å². The van der Waals surface area contributed by atoms with E-state index >= 15 is 0 Å². The van der Waals surface area contributed by atoms with Crippen LogP contribution in [0.25, 0.3) is 0 Å². The van der Waals surface area contributed by atoms with Crippen LogP contribution in [0.1, 0.15) is 53.4 Å². The highest BCUT2D eigenvalue weighted by atomic mass is 16.5. The number of hydrogen-bond donors (Lipinski definition) is 0. The van der Waals surface area contributed by atoms with Gasteiger partial charge in [0.05, 0.1) is 0 Å². The van der Waals surface area contributed by atoms with Crippen LogP contribution in [-0.4, -0.2) is 6.61 Å². The molecule has 2 atom stereocenters. The summed E-state index contributed by atoms with van der Waals surface area (Å²) in [5.41, 5.74) is 0. The second-order valence-electron chi connectivity index (χ2n) is 5.05. The van der Waals surface area contributed by atoms with Crippen LogP contribution in [0.5, 0.6) is 0 Å². The molecule has 0 bridgehead atoms. The molecule has 1 saturated carbocycles. The summed E-state index contributed by atoms with van der Waals surface area (Å²) < 4.78 is 5.89. The van der Waals surface area contributed by atoms with Gasteiger partial charge >= 0.3 is 0 Å². The fourth-order valence-electron chi connectivity index (χ4n) is 2.33. The van der Waals surface area contributed by atoms with E-state index in [0.717, 1.165) is 30.8 Å². The Morgan fingerprint density at radius 3 is 2.64 bits per heavy atom. The summed E-state index contributed by atoms with van der Waals surface area (Å²) >= 11 is 0. The minimum atomic E-state index is 0.720. The Morgan fingerprint density at radius 1 is 1.36 bits per heavy atom. The smallest absolute Gasteiger partial charge is 0.101 e. The van der Waals surface area contributed by atoms with Gasteiger partial charge in [-0.05, 0) is 37.0 Å².